The van der Waals surface area contributed by atoms with Crippen molar-refractivity contribution in [1.82, 2.24) is 5.32 Å². The molecule has 3 rings (SSSR count). The first-order valence-corrected chi connectivity index (χ1v) is 8.23. The van der Waals surface area contributed by atoms with E-state index in [-0.39, 0.29) is 11.3 Å². The molecule has 0 bridgehead atoms. The summed E-state index contributed by atoms with van der Waals surface area (Å²) in [6.07, 6.45) is 1.97. The Labute approximate surface area is 122 Å². The van der Waals surface area contributed by atoms with E-state index in [4.69, 9.17) is 0 Å². The normalized spacial score (nSPS) is 23.1. The number of benzene rings is 2. The smallest absolute Gasteiger partial charge is 0.0592 e. The van der Waals surface area contributed by atoms with Crippen LogP contribution < -0.4 is 5.32 Å². The highest BCUT2D eigenvalue weighted by Crippen LogP contribution is 2.34. The molecule has 1 aliphatic carbocycles. The number of hydrogen-bond acceptors (Lipinski definition) is 2. The predicted molar refractivity (Wildman–Crippen MR) is 83.2 cm³/mol. The zero-order valence-electron chi connectivity index (χ0n) is 11.6. The summed E-state index contributed by atoms with van der Waals surface area (Å²) in [7, 11) is 0.991. The molecule has 3 heteroatoms. The zero-order valence-corrected chi connectivity index (χ0v) is 12.4. The fourth-order valence-corrected chi connectivity index (χ4v) is 4.67. The van der Waals surface area contributed by atoms with Gasteiger partial charge in [-0.15, -0.1) is 0 Å². The van der Waals surface area contributed by atoms with Gasteiger partial charge in [0.2, 0.25) is 0 Å². The van der Waals surface area contributed by atoms with E-state index in [9.17, 15) is 4.21 Å². The molecular formula is C17H19NOS. The third-order valence-electron chi connectivity index (χ3n) is 4.02. The Morgan fingerprint density at radius 3 is 2.50 bits per heavy atom. The summed E-state index contributed by atoms with van der Waals surface area (Å²) in [6.45, 7) is 0. The fraction of sp³-hybridized carbons (Fsp3) is 0.294. The molecule has 2 aromatic rings. The van der Waals surface area contributed by atoms with Gasteiger partial charge in [-0.05, 0) is 43.1 Å². The minimum atomic E-state index is -0.970. The lowest BCUT2D eigenvalue weighted by molar-refractivity contribution is 0.497. The molecule has 0 saturated heterocycles. The van der Waals surface area contributed by atoms with Crippen molar-refractivity contribution in [3.05, 3.63) is 65.7 Å². The number of rotatable bonds is 3. The number of hydrogen-bond donors (Lipinski definition) is 1. The van der Waals surface area contributed by atoms with E-state index in [0.717, 1.165) is 17.7 Å². The van der Waals surface area contributed by atoms with Crippen molar-refractivity contribution in [3.63, 3.8) is 0 Å². The van der Waals surface area contributed by atoms with Crippen LogP contribution in [0, 0.1) is 0 Å². The molecular weight excluding hydrogens is 266 g/mol. The van der Waals surface area contributed by atoms with Gasteiger partial charge in [0.05, 0.1) is 16.0 Å². The summed E-state index contributed by atoms with van der Waals surface area (Å²) in [4.78, 5) is 0.928. The topological polar surface area (TPSA) is 29.1 Å². The summed E-state index contributed by atoms with van der Waals surface area (Å²) >= 11 is 0. The van der Waals surface area contributed by atoms with Crippen LogP contribution in [-0.2, 0) is 17.2 Å². The third-order valence-corrected chi connectivity index (χ3v) is 5.82. The van der Waals surface area contributed by atoms with Gasteiger partial charge in [0.1, 0.15) is 0 Å². The maximum absolute atomic E-state index is 12.8. The summed E-state index contributed by atoms with van der Waals surface area (Å²) in [5, 5.41) is 3.50. The molecule has 1 N–H and O–H groups in total. The minimum absolute atomic E-state index is 0.136. The van der Waals surface area contributed by atoms with Crippen LogP contribution in [0.1, 0.15) is 23.6 Å². The zero-order chi connectivity index (χ0) is 13.9. The Bertz CT molecular complexity index is 611. The average Bonchev–Trinajstić information content (AvgIpc) is 2.54. The van der Waals surface area contributed by atoms with Crippen LogP contribution >= 0.6 is 0 Å². The standard InChI is InChI=1S/C17H19NOS/c1-18-17-15-10-6-5-7-13(15)11-12-16(17)20(19)14-8-3-2-4-9-14/h2-10,16-18H,11-12H2,1H3. The predicted octanol–water partition coefficient (Wildman–Crippen LogP) is 3.07. The van der Waals surface area contributed by atoms with Gasteiger partial charge in [-0.3, -0.25) is 4.21 Å². The van der Waals surface area contributed by atoms with Crippen LogP contribution in [0.3, 0.4) is 0 Å². The van der Waals surface area contributed by atoms with Crippen molar-refractivity contribution >= 4 is 10.8 Å². The molecule has 20 heavy (non-hydrogen) atoms. The maximum Gasteiger partial charge on any atom is 0.0592 e. The SMILES string of the molecule is CNC1c2ccccc2CCC1S(=O)c1ccccc1. The molecule has 0 fully saturated rings. The van der Waals surface area contributed by atoms with Crippen molar-refractivity contribution < 1.29 is 4.21 Å². The monoisotopic (exact) mass is 285 g/mol. The van der Waals surface area contributed by atoms with Gasteiger partial charge in [-0.1, -0.05) is 42.5 Å². The molecule has 2 aromatic carbocycles. The summed E-state index contributed by atoms with van der Waals surface area (Å²) in [5.41, 5.74) is 2.68. The Hall–Kier alpha value is -1.45. The lowest BCUT2D eigenvalue weighted by Crippen LogP contribution is -2.36. The maximum atomic E-state index is 12.8. The number of nitrogens with one attached hydrogen (secondary N) is 1. The van der Waals surface area contributed by atoms with Gasteiger partial charge in [0, 0.05) is 10.9 Å². The third kappa shape index (κ3) is 2.43. The van der Waals surface area contributed by atoms with E-state index in [2.05, 4.69) is 29.6 Å². The molecule has 3 atom stereocenters. The van der Waals surface area contributed by atoms with Gasteiger partial charge in [0.15, 0.2) is 0 Å². The van der Waals surface area contributed by atoms with E-state index in [0.29, 0.717) is 0 Å². The second kappa shape index (κ2) is 5.90. The van der Waals surface area contributed by atoms with E-state index < -0.39 is 10.8 Å². The Morgan fingerprint density at radius 1 is 1.05 bits per heavy atom. The van der Waals surface area contributed by atoms with E-state index in [1.165, 1.54) is 11.1 Å². The highest BCUT2D eigenvalue weighted by atomic mass is 32.2. The molecule has 104 valence electrons. The summed E-state index contributed by atoms with van der Waals surface area (Å²) in [5.74, 6) is 0. The first-order valence-electron chi connectivity index (χ1n) is 7.02. The Morgan fingerprint density at radius 2 is 1.75 bits per heavy atom. The van der Waals surface area contributed by atoms with Crippen molar-refractivity contribution in [2.24, 2.45) is 0 Å². The van der Waals surface area contributed by atoms with Gasteiger partial charge >= 0.3 is 0 Å². The first kappa shape index (κ1) is 13.5. The highest BCUT2D eigenvalue weighted by Gasteiger charge is 2.32. The quantitative estimate of drug-likeness (QED) is 0.939. The van der Waals surface area contributed by atoms with Gasteiger partial charge in [-0.2, -0.15) is 0 Å². The lowest BCUT2D eigenvalue weighted by Gasteiger charge is -2.32. The van der Waals surface area contributed by atoms with Crippen LogP contribution in [0.5, 0.6) is 0 Å². The van der Waals surface area contributed by atoms with Gasteiger partial charge in [-0.25, -0.2) is 0 Å². The number of aryl methyl sites for hydroxylation is 1. The average molecular weight is 285 g/mol. The lowest BCUT2D eigenvalue weighted by atomic mass is 9.87. The highest BCUT2D eigenvalue weighted by molar-refractivity contribution is 7.85. The van der Waals surface area contributed by atoms with Crippen LogP contribution in [-0.4, -0.2) is 16.5 Å². The molecule has 0 aliphatic heterocycles. The molecule has 0 radical (unpaired) electrons. The fourth-order valence-electron chi connectivity index (χ4n) is 3.03. The molecule has 3 unspecified atom stereocenters. The van der Waals surface area contributed by atoms with Crippen LogP contribution in [0.25, 0.3) is 0 Å². The molecule has 2 nitrogen and oxygen atoms in total. The van der Waals surface area contributed by atoms with E-state index in [1.54, 1.807) is 0 Å². The van der Waals surface area contributed by atoms with Crippen molar-refractivity contribution in [2.75, 3.05) is 7.05 Å². The van der Waals surface area contributed by atoms with Crippen molar-refractivity contribution in [3.8, 4) is 0 Å². The molecule has 1 aliphatic rings. The second-order valence-corrected chi connectivity index (χ2v) is 6.82. The Balaban J connectivity index is 1.94. The molecule has 0 aromatic heterocycles. The van der Waals surface area contributed by atoms with E-state index >= 15 is 0 Å². The molecule has 0 saturated carbocycles. The molecule has 0 spiro atoms. The number of fused-ring (bicyclic) bond motifs is 1. The molecule has 0 heterocycles. The molecule has 0 amide bonds. The Kier molecular flexibility index (Phi) is 3.99. The van der Waals surface area contributed by atoms with Crippen LogP contribution in [0.4, 0.5) is 0 Å². The first-order chi connectivity index (χ1) is 9.81. The van der Waals surface area contributed by atoms with E-state index in [1.807, 2.05) is 37.4 Å². The minimum Gasteiger partial charge on any atom is -0.312 e. The van der Waals surface area contributed by atoms with Crippen molar-refractivity contribution in [1.29, 1.82) is 0 Å². The van der Waals surface area contributed by atoms with Crippen LogP contribution in [0.2, 0.25) is 0 Å². The largest absolute Gasteiger partial charge is 0.312 e. The summed E-state index contributed by atoms with van der Waals surface area (Å²) < 4.78 is 12.8. The van der Waals surface area contributed by atoms with Gasteiger partial charge < -0.3 is 5.32 Å². The van der Waals surface area contributed by atoms with Gasteiger partial charge in [0.25, 0.3) is 0 Å². The second-order valence-electron chi connectivity index (χ2n) is 5.15. The summed E-state index contributed by atoms with van der Waals surface area (Å²) in [6, 6.07) is 18.5. The van der Waals surface area contributed by atoms with Crippen molar-refractivity contribution in [2.45, 2.75) is 29.0 Å². The van der Waals surface area contributed by atoms with Crippen LogP contribution in [0.15, 0.2) is 59.5 Å².